The van der Waals surface area contributed by atoms with Crippen molar-refractivity contribution in [2.24, 2.45) is 0 Å². The predicted molar refractivity (Wildman–Crippen MR) is 59.7 cm³/mol. The van der Waals surface area contributed by atoms with E-state index >= 15 is 0 Å². The summed E-state index contributed by atoms with van der Waals surface area (Å²) >= 11 is 0. The van der Waals surface area contributed by atoms with E-state index in [2.05, 4.69) is 0 Å². The van der Waals surface area contributed by atoms with Crippen molar-refractivity contribution in [1.29, 1.82) is 0 Å². The Labute approximate surface area is 92.2 Å². The summed E-state index contributed by atoms with van der Waals surface area (Å²) in [5, 5.41) is 8.76. The lowest BCUT2D eigenvalue weighted by atomic mass is 10.2. The molecule has 4 heteroatoms. The van der Waals surface area contributed by atoms with E-state index in [1.165, 1.54) is 0 Å². The maximum Gasteiger partial charge on any atom is 0.307 e. The zero-order chi connectivity index (χ0) is 11.9. The number of carbonyl (C=O) groups excluding carboxylic acids is 1. The van der Waals surface area contributed by atoms with Crippen LogP contribution in [-0.2, 0) is 9.53 Å². The van der Waals surface area contributed by atoms with Crippen molar-refractivity contribution < 1.29 is 14.6 Å². The first-order chi connectivity index (χ1) is 6.89. The molecule has 0 bridgehead atoms. The van der Waals surface area contributed by atoms with Crippen molar-refractivity contribution in [1.82, 2.24) is 4.90 Å². The summed E-state index contributed by atoms with van der Waals surface area (Å²) in [6, 6.07) is 0. The highest BCUT2D eigenvalue weighted by Gasteiger charge is 2.16. The molecule has 0 aliphatic carbocycles. The fourth-order valence-corrected chi connectivity index (χ4v) is 1.21. The first kappa shape index (κ1) is 14.4. The van der Waals surface area contributed by atoms with E-state index in [1.54, 1.807) is 0 Å². The van der Waals surface area contributed by atoms with Crippen LogP contribution in [0.1, 0.15) is 34.1 Å². The van der Waals surface area contributed by atoms with Crippen molar-refractivity contribution >= 4 is 5.97 Å². The minimum atomic E-state index is -0.412. The fraction of sp³-hybridized carbons (Fsp3) is 0.909. The summed E-state index contributed by atoms with van der Waals surface area (Å²) in [7, 11) is 0. The molecule has 90 valence electrons. The Morgan fingerprint density at radius 3 is 2.33 bits per heavy atom. The predicted octanol–water partition coefficient (Wildman–Crippen LogP) is 1.03. The summed E-state index contributed by atoms with van der Waals surface area (Å²) in [6.45, 7) is 9.80. The maximum absolute atomic E-state index is 11.4. The monoisotopic (exact) mass is 217 g/mol. The van der Waals surface area contributed by atoms with Gasteiger partial charge in [0.25, 0.3) is 0 Å². The van der Waals surface area contributed by atoms with Crippen molar-refractivity contribution in [2.45, 2.75) is 39.7 Å². The highest BCUT2D eigenvalue weighted by molar-refractivity contribution is 5.70. The molecule has 0 saturated carbocycles. The van der Waals surface area contributed by atoms with Gasteiger partial charge in [0.05, 0.1) is 13.0 Å². The fourth-order valence-electron chi connectivity index (χ4n) is 1.21. The first-order valence-corrected chi connectivity index (χ1v) is 5.44. The highest BCUT2D eigenvalue weighted by Crippen LogP contribution is 2.08. The Hall–Kier alpha value is -0.610. The third kappa shape index (κ3) is 8.39. The summed E-state index contributed by atoms with van der Waals surface area (Å²) < 4.78 is 5.18. The standard InChI is InChI=1S/C11H23NO3/c1-5-12(8-9-13)7-6-10(14)15-11(2,3)4/h13H,5-9H2,1-4H3. The molecule has 0 saturated heterocycles. The summed E-state index contributed by atoms with van der Waals surface area (Å²) in [4.78, 5) is 13.4. The summed E-state index contributed by atoms with van der Waals surface area (Å²) in [5.41, 5.74) is -0.412. The van der Waals surface area contributed by atoms with Gasteiger partial charge in [0.15, 0.2) is 0 Å². The number of aliphatic hydroxyl groups excluding tert-OH is 1. The van der Waals surface area contributed by atoms with E-state index in [9.17, 15) is 4.79 Å². The topological polar surface area (TPSA) is 49.8 Å². The quantitative estimate of drug-likeness (QED) is 0.675. The molecule has 0 heterocycles. The molecule has 0 atom stereocenters. The number of likely N-dealkylation sites (N-methyl/N-ethyl adjacent to an activating group) is 1. The lowest BCUT2D eigenvalue weighted by Gasteiger charge is -2.22. The van der Waals surface area contributed by atoms with Crippen LogP contribution in [0.25, 0.3) is 0 Å². The van der Waals surface area contributed by atoms with Gasteiger partial charge >= 0.3 is 5.97 Å². The molecule has 0 aromatic rings. The number of esters is 1. The average molecular weight is 217 g/mol. The van der Waals surface area contributed by atoms with Crippen LogP contribution in [0.15, 0.2) is 0 Å². The maximum atomic E-state index is 11.4. The Bertz CT molecular complexity index is 187. The van der Waals surface area contributed by atoms with E-state index in [0.29, 0.717) is 19.5 Å². The molecule has 0 rings (SSSR count). The van der Waals surface area contributed by atoms with Crippen LogP contribution in [0, 0.1) is 0 Å². The van der Waals surface area contributed by atoms with Gasteiger partial charge in [-0.25, -0.2) is 0 Å². The molecule has 0 unspecified atom stereocenters. The molecule has 0 aliphatic rings. The van der Waals surface area contributed by atoms with Crippen LogP contribution >= 0.6 is 0 Å². The van der Waals surface area contributed by atoms with E-state index in [1.807, 2.05) is 32.6 Å². The minimum absolute atomic E-state index is 0.127. The minimum Gasteiger partial charge on any atom is -0.460 e. The van der Waals surface area contributed by atoms with Crippen molar-refractivity contribution in [3.05, 3.63) is 0 Å². The Morgan fingerprint density at radius 1 is 1.33 bits per heavy atom. The van der Waals surface area contributed by atoms with Gasteiger partial charge in [-0.1, -0.05) is 6.92 Å². The summed E-state index contributed by atoms with van der Waals surface area (Å²) in [5.74, 6) is -0.182. The molecule has 0 radical (unpaired) electrons. The lowest BCUT2D eigenvalue weighted by molar-refractivity contribution is -0.155. The zero-order valence-corrected chi connectivity index (χ0v) is 10.2. The first-order valence-electron chi connectivity index (χ1n) is 5.44. The third-order valence-corrected chi connectivity index (χ3v) is 1.92. The van der Waals surface area contributed by atoms with Crippen molar-refractivity contribution in [3.8, 4) is 0 Å². The van der Waals surface area contributed by atoms with Gasteiger partial charge in [0, 0.05) is 13.1 Å². The molecule has 0 fully saturated rings. The molecule has 1 N–H and O–H groups in total. The van der Waals surface area contributed by atoms with E-state index in [-0.39, 0.29) is 12.6 Å². The van der Waals surface area contributed by atoms with E-state index < -0.39 is 5.60 Å². The van der Waals surface area contributed by atoms with Gasteiger partial charge < -0.3 is 14.7 Å². The van der Waals surface area contributed by atoms with Gasteiger partial charge in [-0.3, -0.25) is 4.79 Å². The Kier molecular flexibility index (Phi) is 6.52. The van der Waals surface area contributed by atoms with E-state index in [0.717, 1.165) is 6.54 Å². The molecule has 0 aromatic carbocycles. The number of ether oxygens (including phenoxy) is 1. The normalized spacial score (nSPS) is 11.9. The molecular formula is C11H23NO3. The summed E-state index contributed by atoms with van der Waals surface area (Å²) in [6.07, 6.45) is 0.380. The van der Waals surface area contributed by atoms with Gasteiger partial charge in [0.1, 0.15) is 5.60 Å². The number of rotatable bonds is 6. The van der Waals surface area contributed by atoms with Crippen LogP contribution in [0.5, 0.6) is 0 Å². The van der Waals surface area contributed by atoms with Crippen LogP contribution in [0.4, 0.5) is 0 Å². The molecule has 0 amide bonds. The van der Waals surface area contributed by atoms with Gasteiger partial charge in [-0.15, -0.1) is 0 Å². The largest absolute Gasteiger partial charge is 0.460 e. The molecular weight excluding hydrogens is 194 g/mol. The number of carbonyl (C=O) groups is 1. The molecule has 0 aromatic heterocycles. The van der Waals surface area contributed by atoms with Crippen molar-refractivity contribution in [3.63, 3.8) is 0 Å². The SMILES string of the molecule is CCN(CCO)CCC(=O)OC(C)(C)C. The van der Waals surface area contributed by atoms with Gasteiger partial charge in [-0.05, 0) is 27.3 Å². The van der Waals surface area contributed by atoms with Gasteiger partial charge in [0.2, 0.25) is 0 Å². The third-order valence-electron chi connectivity index (χ3n) is 1.92. The molecule has 4 nitrogen and oxygen atoms in total. The molecule has 0 aliphatic heterocycles. The second-order valence-corrected chi connectivity index (χ2v) is 4.49. The number of nitrogens with zero attached hydrogens (tertiary/aromatic N) is 1. The van der Waals surface area contributed by atoms with Crippen LogP contribution in [0.3, 0.4) is 0 Å². The van der Waals surface area contributed by atoms with Crippen LogP contribution in [-0.4, -0.2) is 47.8 Å². The average Bonchev–Trinajstić information content (AvgIpc) is 2.09. The second-order valence-electron chi connectivity index (χ2n) is 4.49. The van der Waals surface area contributed by atoms with Crippen LogP contribution in [0.2, 0.25) is 0 Å². The van der Waals surface area contributed by atoms with Gasteiger partial charge in [-0.2, -0.15) is 0 Å². The lowest BCUT2D eigenvalue weighted by Crippen LogP contribution is -2.31. The number of aliphatic hydroxyl groups is 1. The molecule has 0 spiro atoms. The Balaban J connectivity index is 3.78. The van der Waals surface area contributed by atoms with Crippen LogP contribution < -0.4 is 0 Å². The number of hydrogen-bond donors (Lipinski definition) is 1. The molecule has 15 heavy (non-hydrogen) atoms. The highest BCUT2D eigenvalue weighted by atomic mass is 16.6. The number of hydrogen-bond acceptors (Lipinski definition) is 4. The Morgan fingerprint density at radius 2 is 1.93 bits per heavy atom. The van der Waals surface area contributed by atoms with E-state index in [4.69, 9.17) is 9.84 Å². The van der Waals surface area contributed by atoms with Crippen molar-refractivity contribution in [2.75, 3.05) is 26.2 Å². The smallest absolute Gasteiger partial charge is 0.307 e. The second kappa shape index (κ2) is 6.80. The zero-order valence-electron chi connectivity index (χ0n) is 10.2.